The summed E-state index contributed by atoms with van der Waals surface area (Å²) in [6.45, 7) is 7.05. The predicted octanol–water partition coefficient (Wildman–Crippen LogP) is 2.68. The summed E-state index contributed by atoms with van der Waals surface area (Å²) in [6.07, 6.45) is 5.27. The summed E-state index contributed by atoms with van der Waals surface area (Å²) in [5.41, 5.74) is 1.48. The predicted molar refractivity (Wildman–Crippen MR) is 131 cm³/mol. The van der Waals surface area contributed by atoms with Gasteiger partial charge in [0.2, 0.25) is 0 Å². The molecule has 9 heteroatoms. The van der Waals surface area contributed by atoms with Gasteiger partial charge in [0.25, 0.3) is 5.91 Å². The Morgan fingerprint density at radius 1 is 1.12 bits per heavy atom. The number of amides is 3. The minimum Gasteiger partial charge on any atom is -0.379 e. The van der Waals surface area contributed by atoms with E-state index in [4.69, 9.17) is 4.74 Å². The van der Waals surface area contributed by atoms with Crippen LogP contribution in [0.3, 0.4) is 0 Å². The van der Waals surface area contributed by atoms with E-state index < -0.39 is 0 Å². The van der Waals surface area contributed by atoms with Gasteiger partial charge in [-0.1, -0.05) is 18.6 Å². The number of aromatic nitrogens is 1. The first-order chi connectivity index (χ1) is 16.7. The van der Waals surface area contributed by atoms with Crippen molar-refractivity contribution in [1.82, 2.24) is 20.1 Å². The maximum atomic E-state index is 13.4. The molecule has 180 valence electrons. The van der Waals surface area contributed by atoms with E-state index in [2.05, 4.69) is 25.4 Å². The third-order valence-electron chi connectivity index (χ3n) is 6.84. The lowest BCUT2D eigenvalue weighted by molar-refractivity contribution is 0.0170. The third kappa shape index (κ3) is 4.91. The number of morpholine rings is 1. The number of anilines is 3. The molecule has 1 aromatic heterocycles. The average molecular weight is 465 g/mol. The minimum atomic E-state index is -0.286. The second kappa shape index (κ2) is 10.5. The number of piperidine rings is 1. The van der Waals surface area contributed by atoms with Crippen molar-refractivity contribution >= 4 is 29.1 Å². The van der Waals surface area contributed by atoms with Gasteiger partial charge in [-0.3, -0.25) is 14.6 Å². The normalized spacial score (nSPS) is 21.2. The number of para-hydroxylation sites is 1. The number of carbonyl (C=O) groups excluding carboxylic acids is 2. The molecule has 2 N–H and O–H groups in total. The van der Waals surface area contributed by atoms with Crippen molar-refractivity contribution < 1.29 is 14.3 Å². The monoisotopic (exact) mass is 464 g/mol. The van der Waals surface area contributed by atoms with Crippen molar-refractivity contribution in [3.05, 3.63) is 48.2 Å². The smallest absolute Gasteiger partial charge is 0.327 e. The highest BCUT2D eigenvalue weighted by Gasteiger charge is 2.30. The third-order valence-corrected chi connectivity index (χ3v) is 6.84. The van der Waals surface area contributed by atoms with Crippen LogP contribution in [0.4, 0.5) is 22.0 Å². The van der Waals surface area contributed by atoms with Gasteiger partial charge in [-0.25, -0.2) is 14.7 Å². The second-order valence-electron chi connectivity index (χ2n) is 9.01. The number of urea groups is 1. The fourth-order valence-corrected chi connectivity index (χ4v) is 5.07. The van der Waals surface area contributed by atoms with E-state index in [0.29, 0.717) is 35.3 Å². The number of ether oxygens (including phenoxy) is 1. The Morgan fingerprint density at radius 3 is 2.85 bits per heavy atom. The Labute approximate surface area is 200 Å². The van der Waals surface area contributed by atoms with Gasteiger partial charge in [0.1, 0.15) is 0 Å². The topological polar surface area (TPSA) is 90.0 Å². The molecule has 1 aromatic carbocycles. The summed E-state index contributed by atoms with van der Waals surface area (Å²) in [5.74, 6) is 0.167. The maximum absolute atomic E-state index is 13.4. The molecule has 3 aliphatic rings. The van der Waals surface area contributed by atoms with Crippen molar-refractivity contribution in [2.45, 2.75) is 25.3 Å². The summed E-state index contributed by atoms with van der Waals surface area (Å²) in [4.78, 5) is 37.1. The molecule has 3 amide bonds. The summed E-state index contributed by atoms with van der Waals surface area (Å²) in [6, 6.07) is 10.8. The van der Waals surface area contributed by atoms with E-state index in [1.54, 1.807) is 36.5 Å². The van der Waals surface area contributed by atoms with Crippen molar-refractivity contribution in [2.24, 2.45) is 0 Å². The van der Waals surface area contributed by atoms with Crippen molar-refractivity contribution in [1.29, 1.82) is 0 Å². The Hall–Kier alpha value is -3.01. The molecule has 9 nitrogen and oxygen atoms in total. The molecule has 0 aliphatic carbocycles. The van der Waals surface area contributed by atoms with Gasteiger partial charge in [-0.2, -0.15) is 0 Å². The first kappa shape index (κ1) is 22.8. The maximum Gasteiger partial charge on any atom is 0.327 e. The van der Waals surface area contributed by atoms with Crippen LogP contribution in [-0.4, -0.2) is 85.2 Å². The molecular weight excluding hydrogens is 432 g/mol. The lowest BCUT2D eigenvalue weighted by Gasteiger charge is -2.39. The van der Waals surface area contributed by atoms with Crippen LogP contribution < -0.4 is 15.5 Å². The van der Waals surface area contributed by atoms with E-state index in [1.165, 1.54) is 24.2 Å². The highest BCUT2D eigenvalue weighted by molar-refractivity contribution is 6.16. The van der Waals surface area contributed by atoms with E-state index in [-0.39, 0.29) is 11.9 Å². The van der Waals surface area contributed by atoms with Crippen molar-refractivity contribution in [3.63, 3.8) is 0 Å². The van der Waals surface area contributed by atoms with Crippen LogP contribution in [-0.2, 0) is 4.74 Å². The van der Waals surface area contributed by atoms with Gasteiger partial charge >= 0.3 is 6.03 Å². The number of hydrogen-bond donors (Lipinski definition) is 2. The molecule has 4 heterocycles. The van der Waals surface area contributed by atoms with Gasteiger partial charge in [0, 0.05) is 45.0 Å². The quantitative estimate of drug-likeness (QED) is 0.707. The first-order valence-corrected chi connectivity index (χ1v) is 12.2. The average Bonchev–Trinajstić information content (AvgIpc) is 2.99. The minimum absolute atomic E-state index is 0.251. The zero-order valence-electron chi connectivity index (χ0n) is 19.4. The second-order valence-corrected chi connectivity index (χ2v) is 9.01. The van der Waals surface area contributed by atoms with Crippen molar-refractivity contribution in [3.8, 4) is 0 Å². The molecule has 2 fully saturated rings. The summed E-state index contributed by atoms with van der Waals surface area (Å²) in [7, 11) is 0. The number of fused-ring (bicyclic) bond motifs is 2. The van der Waals surface area contributed by atoms with E-state index >= 15 is 0 Å². The number of nitrogens with zero attached hydrogens (tertiary/aromatic N) is 4. The summed E-state index contributed by atoms with van der Waals surface area (Å²) < 4.78 is 5.49. The fraction of sp³-hybridized carbons (Fsp3) is 0.480. The molecule has 0 spiro atoms. The number of likely N-dealkylation sites (tertiary alicyclic amines) is 1. The lowest BCUT2D eigenvalue weighted by Crippen LogP contribution is -2.51. The Bertz CT molecular complexity index is 1030. The number of benzene rings is 1. The van der Waals surface area contributed by atoms with Crippen LogP contribution in [0.15, 0.2) is 42.6 Å². The van der Waals surface area contributed by atoms with Crippen LogP contribution in [0.2, 0.25) is 0 Å². The molecule has 2 aromatic rings. The zero-order chi connectivity index (χ0) is 23.3. The molecule has 1 atom stereocenters. The van der Waals surface area contributed by atoms with E-state index in [1.807, 2.05) is 6.07 Å². The van der Waals surface area contributed by atoms with E-state index in [9.17, 15) is 9.59 Å². The Morgan fingerprint density at radius 2 is 1.97 bits per heavy atom. The van der Waals surface area contributed by atoms with Gasteiger partial charge in [-0.15, -0.1) is 0 Å². The van der Waals surface area contributed by atoms with Crippen LogP contribution >= 0.6 is 0 Å². The number of rotatable bonds is 5. The number of nitrogens with one attached hydrogen (secondary N) is 2. The standard InChI is InChI=1S/C25H32N6O3/c32-24-20-7-1-2-9-22(20)31(23-21(28-24)8-5-10-26-23)25(33)27-11-13-30-12-4-3-6-19(30)18-29-14-16-34-17-15-29/h1-2,5,7-10,19H,3-4,6,11-18H2,(H,27,33)(H,28,32). The van der Waals surface area contributed by atoms with Gasteiger partial charge in [0.05, 0.1) is 30.2 Å². The van der Waals surface area contributed by atoms with Crippen LogP contribution in [0.1, 0.15) is 29.6 Å². The van der Waals surface area contributed by atoms with E-state index in [0.717, 1.165) is 45.9 Å². The first-order valence-electron chi connectivity index (χ1n) is 12.2. The Balaban J connectivity index is 1.27. The van der Waals surface area contributed by atoms with Gasteiger partial charge in [-0.05, 0) is 43.7 Å². The summed E-state index contributed by atoms with van der Waals surface area (Å²) >= 11 is 0. The number of carbonyl (C=O) groups is 2. The molecule has 5 rings (SSSR count). The Kier molecular flexibility index (Phi) is 7.03. The molecule has 3 aliphatic heterocycles. The van der Waals surface area contributed by atoms with Crippen molar-refractivity contribution in [2.75, 3.05) is 62.7 Å². The highest BCUT2D eigenvalue weighted by atomic mass is 16.5. The van der Waals surface area contributed by atoms with Crippen LogP contribution in [0.5, 0.6) is 0 Å². The molecule has 0 saturated carbocycles. The lowest BCUT2D eigenvalue weighted by atomic mass is 10.0. The fourth-order valence-electron chi connectivity index (χ4n) is 5.07. The summed E-state index contributed by atoms with van der Waals surface area (Å²) in [5, 5.41) is 5.95. The van der Waals surface area contributed by atoms with Gasteiger partial charge in [0.15, 0.2) is 5.82 Å². The zero-order valence-corrected chi connectivity index (χ0v) is 19.4. The largest absolute Gasteiger partial charge is 0.379 e. The molecule has 0 radical (unpaired) electrons. The SMILES string of the molecule is O=C1Nc2cccnc2N(C(=O)NCCN2CCCCC2CN2CCOCC2)c2ccccc21. The molecule has 1 unspecified atom stereocenters. The molecule has 2 saturated heterocycles. The molecule has 34 heavy (non-hydrogen) atoms. The highest BCUT2D eigenvalue weighted by Crippen LogP contribution is 2.36. The van der Waals surface area contributed by atoms with Crippen LogP contribution in [0, 0.1) is 0 Å². The number of hydrogen-bond acceptors (Lipinski definition) is 6. The molecular formula is C25H32N6O3. The van der Waals surface area contributed by atoms with Gasteiger partial charge < -0.3 is 15.4 Å². The molecule has 0 bridgehead atoms. The van der Waals surface area contributed by atoms with Crippen LogP contribution in [0.25, 0.3) is 0 Å². The number of pyridine rings is 1.